The fourth-order valence-electron chi connectivity index (χ4n) is 4.57. The second-order valence-corrected chi connectivity index (χ2v) is 8.69. The van der Waals surface area contributed by atoms with Gasteiger partial charge in [-0.05, 0) is 36.8 Å². The van der Waals surface area contributed by atoms with Gasteiger partial charge >= 0.3 is 5.97 Å². The number of para-hydroxylation sites is 1. The third-order valence-corrected chi connectivity index (χ3v) is 6.58. The zero-order valence-corrected chi connectivity index (χ0v) is 19.8. The van der Waals surface area contributed by atoms with Gasteiger partial charge in [0.05, 0.1) is 37.1 Å². The molecule has 2 N–H and O–H groups in total. The molecule has 0 bridgehead atoms. The maximum Gasteiger partial charge on any atom is 0.337 e. The number of rotatable bonds is 7. The van der Waals surface area contributed by atoms with Gasteiger partial charge < -0.3 is 29.1 Å². The van der Waals surface area contributed by atoms with E-state index >= 15 is 0 Å². The highest BCUT2D eigenvalue weighted by Crippen LogP contribution is 2.48. The average molecular weight is 495 g/mol. The maximum atomic E-state index is 11.7. The van der Waals surface area contributed by atoms with E-state index in [1.807, 2.05) is 43.3 Å². The van der Waals surface area contributed by atoms with Gasteiger partial charge in [-0.1, -0.05) is 35.9 Å². The number of hydrogen-bond acceptors (Lipinski definition) is 7. The van der Waals surface area contributed by atoms with Crippen LogP contribution < -0.4 is 10.1 Å². The van der Waals surface area contributed by atoms with Crippen LogP contribution in [-0.4, -0.2) is 42.2 Å². The molecular formula is C26H23ClN2O6. The number of nitrogens with one attached hydrogen (secondary N) is 1. The van der Waals surface area contributed by atoms with Crippen molar-refractivity contribution in [2.45, 2.75) is 18.2 Å². The maximum absolute atomic E-state index is 11.7. The van der Waals surface area contributed by atoms with Crippen molar-refractivity contribution >= 4 is 34.4 Å². The number of furan rings is 1. The Kier molecular flexibility index (Phi) is 5.88. The molecule has 4 aromatic rings. The van der Waals surface area contributed by atoms with Crippen molar-refractivity contribution in [1.82, 2.24) is 4.98 Å². The van der Waals surface area contributed by atoms with Crippen molar-refractivity contribution in [1.29, 1.82) is 0 Å². The van der Waals surface area contributed by atoms with Crippen LogP contribution in [0.3, 0.4) is 0 Å². The van der Waals surface area contributed by atoms with E-state index in [4.69, 9.17) is 30.2 Å². The zero-order chi connectivity index (χ0) is 24.6. The minimum absolute atomic E-state index is 0.0183. The molecule has 0 amide bonds. The Bertz CT molecular complexity index is 1360. The Morgan fingerprint density at radius 1 is 1.11 bits per heavy atom. The lowest BCUT2D eigenvalue weighted by Crippen LogP contribution is -2.56. The van der Waals surface area contributed by atoms with Gasteiger partial charge in [-0.15, -0.1) is 0 Å². The van der Waals surface area contributed by atoms with Gasteiger partial charge in [-0.3, -0.25) is 4.98 Å². The van der Waals surface area contributed by atoms with Gasteiger partial charge in [0.1, 0.15) is 16.9 Å². The standard InChI is InChI=1S/C26H23ClN2O6/c1-25(33-9-10-34-25)26(18-12-19(32-2)15-28-14-18,17-7-8-20(24(30)31)21(27)13-17)29-23-11-16-5-3-4-6-22(16)35-23/h3-8,11-15,29H,9-10H2,1-2H3,(H,30,31). The highest BCUT2D eigenvalue weighted by atomic mass is 35.5. The zero-order valence-electron chi connectivity index (χ0n) is 19.1. The molecule has 3 heterocycles. The third kappa shape index (κ3) is 3.89. The molecule has 0 saturated carbocycles. The fraction of sp³-hybridized carbons (Fsp3) is 0.231. The Morgan fingerprint density at radius 2 is 1.89 bits per heavy atom. The number of aromatic carboxylic acids is 1. The Morgan fingerprint density at radius 3 is 2.57 bits per heavy atom. The number of anilines is 1. The molecule has 8 nitrogen and oxygen atoms in total. The molecule has 9 heteroatoms. The molecule has 1 saturated heterocycles. The number of ether oxygens (including phenoxy) is 3. The normalized spacial score (nSPS) is 16.7. The van der Waals surface area contributed by atoms with Crippen molar-refractivity contribution in [2.24, 2.45) is 0 Å². The lowest BCUT2D eigenvalue weighted by Gasteiger charge is -2.46. The molecule has 180 valence electrons. The molecule has 5 rings (SSSR count). The largest absolute Gasteiger partial charge is 0.495 e. The first kappa shape index (κ1) is 23.2. The number of halogens is 1. The SMILES string of the molecule is COc1cncc(C(Nc2cc3ccccc3o2)(c2ccc(C(=O)O)c(Cl)c2)C2(C)OCCO2)c1. The van der Waals surface area contributed by atoms with Crippen LogP contribution >= 0.6 is 11.6 Å². The van der Waals surface area contributed by atoms with E-state index in [0.29, 0.717) is 41.6 Å². The quantitative estimate of drug-likeness (QED) is 0.356. The van der Waals surface area contributed by atoms with Gasteiger partial charge in [0.2, 0.25) is 0 Å². The van der Waals surface area contributed by atoms with Gasteiger partial charge in [0, 0.05) is 23.2 Å². The first-order chi connectivity index (χ1) is 16.9. The molecular weight excluding hydrogens is 472 g/mol. The van der Waals surface area contributed by atoms with E-state index in [1.54, 1.807) is 31.6 Å². The Hall–Kier alpha value is -3.59. The minimum atomic E-state index is -1.26. The van der Waals surface area contributed by atoms with Crippen molar-refractivity contribution in [3.8, 4) is 5.75 Å². The number of carboxylic acids is 1. The number of hydrogen-bond donors (Lipinski definition) is 2. The number of methoxy groups -OCH3 is 1. The first-order valence-corrected chi connectivity index (χ1v) is 11.3. The van der Waals surface area contributed by atoms with Crippen molar-refractivity contribution in [2.75, 3.05) is 25.6 Å². The van der Waals surface area contributed by atoms with Gasteiger partial charge in [-0.2, -0.15) is 0 Å². The van der Waals surface area contributed by atoms with Crippen molar-refractivity contribution < 1.29 is 28.5 Å². The molecule has 1 aliphatic rings. The molecule has 1 fully saturated rings. The summed E-state index contributed by atoms with van der Waals surface area (Å²) in [6.45, 7) is 2.53. The van der Waals surface area contributed by atoms with Crippen LogP contribution in [0.4, 0.5) is 5.88 Å². The summed E-state index contributed by atoms with van der Waals surface area (Å²) in [5, 5.41) is 14.0. The summed E-state index contributed by atoms with van der Waals surface area (Å²) in [6.07, 6.45) is 3.27. The molecule has 1 aliphatic heterocycles. The second kappa shape index (κ2) is 8.88. The van der Waals surface area contributed by atoms with Crippen LogP contribution in [0, 0.1) is 0 Å². The predicted molar refractivity (Wildman–Crippen MR) is 130 cm³/mol. The van der Waals surface area contributed by atoms with Crippen molar-refractivity contribution in [3.05, 3.63) is 88.7 Å². The molecule has 0 aliphatic carbocycles. The number of pyridine rings is 1. The summed E-state index contributed by atoms with van der Waals surface area (Å²) >= 11 is 6.44. The average Bonchev–Trinajstić information content (AvgIpc) is 3.48. The summed E-state index contributed by atoms with van der Waals surface area (Å²) in [7, 11) is 1.55. The highest BCUT2D eigenvalue weighted by Gasteiger charge is 2.56. The Labute approximate surface area is 206 Å². The van der Waals surface area contributed by atoms with Gasteiger partial charge in [0.15, 0.2) is 11.7 Å². The summed E-state index contributed by atoms with van der Waals surface area (Å²) in [5.74, 6) is -1.41. The molecule has 1 unspecified atom stereocenters. The number of fused-ring (bicyclic) bond motifs is 1. The summed E-state index contributed by atoms with van der Waals surface area (Å²) in [4.78, 5) is 16.0. The predicted octanol–water partition coefficient (Wildman–Crippen LogP) is 5.31. The molecule has 2 aromatic carbocycles. The number of aromatic nitrogens is 1. The molecule has 1 atom stereocenters. The van der Waals surface area contributed by atoms with Crippen molar-refractivity contribution in [3.63, 3.8) is 0 Å². The van der Waals surface area contributed by atoms with Crippen LogP contribution in [0.15, 0.2) is 71.4 Å². The number of carbonyl (C=O) groups is 1. The van der Waals surface area contributed by atoms with Crippen LogP contribution in [0.5, 0.6) is 5.75 Å². The van der Waals surface area contributed by atoms with Crippen LogP contribution in [0.1, 0.15) is 28.4 Å². The van der Waals surface area contributed by atoms with Crippen LogP contribution in [-0.2, 0) is 15.0 Å². The van der Waals surface area contributed by atoms with Gasteiger partial charge in [0.25, 0.3) is 0 Å². The topological polar surface area (TPSA) is 103 Å². The lowest BCUT2D eigenvalue weighted by molar-refractivity contribution is -0.178. The fourth-order valence-corrected chi connectivity index (χ4v) is 4.83. The van der Waals surface area contributed by atoms with E-state index in [2.05, 4.69) is 10.3 Å². The monoisotopic (exact) mass is 494 g/mol. The summed E-state index contributed by atoms with van der Waals surface area (Å²) < 4.78 is 24.0. The molecule has 0 spiro atoms. The van der Waals surface area contributed by atoms with E-state index < -0.39 is 17.3 Å². The van der Waals surface area contributed by atoms with Crippen LogP contribution in [0.2, 0.25) is 5.02 Å². The van der Waals surface area contributed by atoms with Gasteiger partial charge in [-0.25, -0.2) is 4.79 Å². The minimum Gasteiger partial charge on any atom is -0.495 e. The van der Waals surface area contributed by atoms with E-state index in [-0.39, 0.29) is 10.6 Å². The van der Waals surface area contributed by atoms with E-state index in [0.717, 1.165) is 5.39 Å². The highest BCUT2D eigenvalue weighted by molar-refractivity contribution is 6.33. The number of nitrogens with zero attached hydrogens (tertiary/aromatic N) is 1. The lowest BCUT2D eigenvalue weighted by atomic mass is 9.76. The summed E-state index contributed by atoms with van der Waals surface area (Å²) in [6, 6.07) is 16.1. The first-order valence-electron chi connectivity index (χ1n) is 10.9. The third-order valence-electron chi connectivity index (χ3n) is 6.27. The van der Waals surface area contributed by atoms with Crippen LogP contribution in [0.25, 0.3) is 11.0 Å². The molecule has 0 radical (unpaired) electrons. The van der Waals surface area contributed by atoms with E-state index in [1.165, 1.54) is 6.07 Å². The molecule has 2 aromatic heterocycles. The molecule has 35 heavy (non-hydrogen) atoms. The van der Waals surface area contributed by atoms with E-state index in [9.17, 15) is 9.90 Å². The second-order valence-electron chi connectivity index (χ2n) is 8.28. The number of carboxylic acid groups (broad SMARTS) is 1. The summed E-state index contributed by atoms with van der Waals surface area (Å²) in [5.41, 5.74) is 0.647. The smallest absolute Gasteiger partial charge is 0.337 e. The Balaban J connectivity index is 1.79. The number of benzene rings is 2.